The van der Waals surface area contributed by atoms with E-state index in [9.17, 15) is 17.6 Å². The van der Waals surface area contributed by atoms with Gasteiger partial charge in [0.05, 0.1) is 10.9 Å². The highest BCUT2D eigenvalue weighted by atomic mass is 32.2. The number of hydrogen-bond acceptors (Lipinski definition) is 4. The number of rotatable bonds is 8. The number of hydrogen-bond donors (Lipinski definition) is 2. The van der Waals surface area contributed by atoms with Gasteiger partial charge in [-0.25, -0.2) is 12.8 Å². The molecule has 0 heterocycles. The number of amides is 1. The number of ether oxygens (including phenoxy) is 1. The van der Waals surface area contributed by atoms with Gasteiger partial charge in [0.1, 0.15) is 11.6 Å². The summed E-state index contributed by atoms with van der Waals surface area (Å²) in [5.74, 6) is -0.283. The van der Waals surface area contributed by atoms with Gasteiger partial charge in [-0.2, -0.15) is 0 Å². The minimum absolute atomic E-state index is 0.0972. The highest BCUT2D eigenvalue weighted by molar-refractivity contribution is 7.92. The Morgan fingerprint density at radius 1 is 0.939 bits per heavy atom. The van der Waals surface area contributed by atoms with E-state index in [2.05, 4.69) is 10.0 Å². The van der Waals surface area contributed by atoms with Crippen molar-refractivity contribution < 1.29 is 22.3 Å². The average Bonchev–Trinajstić information content (AvgIpc) is 2.75. The van der Waals surface area contributed by atoms with Crippen molar-refractivity contribution in [1.29, 1.82) is 0 Å². The lowest BCUT2D eigenvalue weighted by atomic mass is 10.1. The van der Waals surface area contributed by atoms with E-state index in [1.165, 1.54) is 30.3 Å². The molecule has 0 spiro atoms. The summed E-state index contributed by atoms with van der Waals surface area (Å²) in [5, 5.41) is 2.78. The summed E-state index contributed by atoms with van der Waals surface area (Å²) >= 11 is 0. The molecule has 8 heteroatoms. The minimum atomic E-state index is -3.77. The molecule has 3 aromatic carbocycles. The maximum Gasteiger partial charge on any atom is 0.261 e. The summed E-state index contributed by atoms with van der Waals surface area (Å²) < 4.78 is 46.7. The third kappa shape index (κ3) is 6.32. The molecule has 0 bridgehead atoms. The predicted molar refractivity (Wildman–Crippen MR) is 126 cm³/mol. The van der Waals surface area contributed by atoms with E-state index in [0.29, 0.717) is 17.0 Å². The molecule has 6 nitrogen and oxygen atoms in total. The number of anilines is 1. The summed E-state index contributed by atoms with van der Waals surface area (Å²) in [6.45, 7) is 7.14. The zero-order valence-corrected chi connectivity index (χ0v) is 19.8. The van der Waals surface area contributed by atoms with E-state index in [-0.39, 0.29) is 29.3 Å². The number of halogens is 1. The number of carbonyl (C=O) groups is 1. The van der Waals surface area contributed by atoms with Crippen LogP contribution in [0, 0.1) is 26.6 Å². The maximum atomic E-state index is 13.1. The number of aryl methyl sites for hydroxylation is 3. The second-order valence-electron chi connectivity index (χ2n) is 7.96. The third-order valence-electron chi connectivity index (χ3n) is 5.32. The molecule has 1 unspecified atom stereocenters. The predicted octanol–water partition coefficient (Wildman–Crippen LogP) is 4.81. The van der Waals surface area contributed by atoms with Gasteiger partial charge in [-0.15, -0.1) is 0 Å². The van der Waals surface area contributed by atoms with Crippen molar-refractivity contribution >= 4 is 21.6 Å². The molecule has 0 fully saturated rings. The van der Waals surface area contributed by atoms with E-state index >= 15 is 0 Å². The van der Waals surface area contributed by atoms with Gasteiger partial charge in [0, 0.05) is 5.69 Å². The Morgan fingerprint density at radius 2 is 1.64 bits per heavy atom. The van der Waals surface area contributed by atoms with Crippen molar-refractivity contribution in [2.45, 2.75) is 38.6 Å². The molecule has 174 valence electrons. The van der Waals surface area contributed by atoms with Gasteiger partial charge in [-0.3, -0.25) is 9.52 Å². The molecule has 0 saturated heterocycles. The van der Waals surface area contributed by atoms with Crippen LogP contribution in [0.4, 0.5) is 10.1 Å². The summed E-state index contributed by atoms with van der Waals surface area (Å²) in [7, 11) is -3.77. The first-order chi connectivity index (χ1) is 15.5. The standard InChI is InChI=1S/C25H27FN2O4S/c1-16-5-10-22(13-17(16)2)28-33(30,31)23-11-12-24(18(3)14-23)32-15-25(29)27-19(4)20-6-8-21(26)9-7-20/h5-14,19,28H,15H2,1-4H3,(H,27,29). The Morgan fingerprint density at radius 3 is 2.27 bits per heavy atom. The second kappa shape index (κ2) is 10.0. The first kappa shape index (κ1) is 24.3. The molecule has 3 rings (SSSR count). The van der Waals surface area contributed by atoms with Gasteiger partial charge < -0.3 is 10.1 Å². The Kier molecular flexibility index (Phi) is 7.38. The largest absolute Gasteiger partial charge is 0.484 e. The molecule has 0 saturated carbocycles. The van der Waals surface area contributed by atoms with E-state index < -0.39 is 10.0 Å². The fraction of sp³-hybridized carbons (Fsp3) is 0.240. The first-order valence-electron chi connectivity index (χ1n) is 10.4. The quantitative estimate of drug-likeness (QED) is 0.495. The van der Waals surface area contributed by atoms with Gasteiger partial charge in [-0.05, 0) is 92.4 Å². The number of carbonyl (C=O) groups excluding carboxylic acids is 1. The Hall–Kier alpha value is -3.39. The normalized spacial score (nSPS) is 12.2. The molecule has 0 aliphatic heterocycles. The van der Waals surface area contributed by atoms with Crippen LogP contribution in [0.15, 0.2) is 65.6 Å². The average molecular weight is 471 g/mol. The van der Waals surface area contributed by atoms with E-state index in [1.807, 2.05) is 19.9 Å². The number of nitrogens with one attached hydrogen (secondary N) is 2. The lowest BCUT2D eigenvalue weighted by Crippen LogP contribution is -2.31. The lowest BCUT2D eigenvalue weighted by Gasteiger charge is -2.16. The van der Waals surface area contributed by atoms with Crippen molar-refractivity contribution in [3.05, 3.63) is 88.7 Å². The van der Waals surface area contributed by atoms with Gasteiger partial charge in [-0.1, -0.05) is 18.2 Å². The molecule has 3 aromatic rings. The van der Waals surface area contributed by atoms with Gasteiger partial charge >= 0.3 is 0 Å². The highest BCUT2D eigenvalue weighted by Crippen LogP contribution is 2.24. The summed E-state index contributed by atoms with van der Waals surface area (Å²) in [6, 6.07) is 15.4. The third-order valence-corrected chi connectivity index (χ3v) is 6.70. The summed E-state index contributed by atoms with van der Waals surface area (Å²) in [4.78, 5) is 12.3. The fourth-order valence-corrected chi connectivity index (χ4v) is 4.37. The molecule has 1 atom stereocenters. The Labute approximate surface area is 193 Å². The molecule has 1 amide bonds. The zero-order valence-electron chi connectivity index (χ0n) is 19.0. The van der Waals surface area contributed by atoms with Crippen LogP contribution in [0.25, 0.3) is 0 Å². The number of benzene rings is 3. The lowest BCUT2D eigenvalue weighted by molar-refractivity contribution is -0.123. The first-order valence-corrected chi connectivity index (χ1v) is 11.9. The van der Waals surface area contributed by atoms with Gasteiger partial charge in [0.2, 0.25) is 0 Å². The topological polar surface area (TPSA) is 84.5 Å². The smallest absolute Gasteiger partial charge is 0.261 e. The summed E-state index contributed by atoms with van der Waals surface area (Å²) in [5.41, 5.74) is 3.90. The van der Waals surface area contributed by atoms with Crippen LogP contribution in [0.5, 0.6) is 5.75 Å². The highest BCUT2D eigenvalue weighted by Gasteiger charge is 2.17. The molecular formula is C25H27FN2O4S. The molecule has 0 aromatic heterocycles. The van der Waals surface area contributed by atoms with Crippen molar-refractivity contribution in [1.82, 2.24) is 5.32 Å². The Balaban J connectivity index is 1.62. The monoisotopic (exact) mass is 470 g/mol. The zero-order chi connectivity index (χ0) is 24.2. The second-order valence-corrected chi connectivity index (χ2v) is 9.64. The van der Waals surface area contributed by atoms with Crippen LogP contribution in [-0.2, 0) is 14.8 Å². The molecular weight excluding hydrogens is 443 g/mol. The van der Waals surface area contributed by atoms with Crippen molar-refractivity contribution in [2.24, 2.45) is 0 Å². The number of sulfonamides is 1. The van der Waals surface area contributed by atoms with E-state index in [0.717, 1.165) is 16.7 Å². The molecule has 0 radical (unpaired) electrons. The molecule has 0 aliphatic carbocycles. The van der Waals surface area contributed by atoms with Crippen LogP contribution in [0.3, 0.4) is 0 Å². The van der Waals surface area contributed by atoms with Gasteiger partial charge in [0.25, 0.3) is 15.9 Å². The van der Waals surface area contributed by atoms with Gasteiger partial charge in [0.15, 0.2) is 6.61 Å². The summed E-state index contributed by atoms with van der Waals surface area (Å²) in [6.07, 6.45) is 0. The molecule has 2 N–H and O–H groups in total. The maximum absolute atomic E-state index is 13.1. The molecule has 33 heavy (non-hydrogen) atoms. The Bertz CT molecular complexity index is 1260. The van der Waals surface area contributed by atoms with Crippen LogP contribution < -0.4 is 14.8 Å². The minimum Gasteiger partial charge on any atom is -0.484 e. The SMILES string of the molecule is Cc1ccc(NS(=O)(=O)c2ccc(OCC(=O)NC(C)c3ccc(F)cc3)c(C)c2)cc1C. The molecule has 0 aliphatic rings. The fourth-order valence-electron chi connectivity index (χ4n) is 3.23. The van der Waals surface area contributed by atoms with Crippen molar-refractivity contribution in [3.8, 4) is 5.75 Å². The van der Waals surface area contributed by atoms with Crippen LogP contribution in [-0.4, -0.2) is 20.9 Å². The van der Waals surface area contributed by atoms with E-state index in [4.69, 9.17) is 4.74 Å². The van der Waals surface area contributed by atoms with Crippen molar-refractivity contribution in [3.63, 3.8) is 0 Å². The van der Waals surface area contributed by atoms with Crippen LogP contribution >= 0.6 is 0 Å². The van der Waals surface area contributed by atoms with Crippen LogP contribution in [0.2, 0.25) is 0 Å². The van der Waals surface area contributed by atoms with Crippen LogP contribution in [0.1, 0.15) is 35.2 Å². The van der Waals surface area contributed by atoms with Crippen molar-refractivity contribution in [2.75, 3.05) is 11.3 Å². The van der Waals surface area contributed by atoms with E-state index in [1.54, 1.807) is 38.1 Å².